The largest absolute Gasteiger partial charge is 0.458 e. The van der Waals surface area contributed by atoms with Crippen molar-refractivity contribution in [1.29, 1.82) is 0 Å². The Morgan fingerprint density at radius 2 is 1.62 bits per heavy atom. The molecule has 124 valence electrons. The molecule has 24 heavy (non-hydrogen) atoms. The summed E-state index contributed by atoms with van der Waals surface area (Å²) >= 11 is 0. The van der Waals surface area contributed by atoms with Crippen LogP contribution in [0.3, 0.4) is 0 Å². The molecular weight excluding hydrogens is 294 g/mol. The monoisotopic (exact) mass is 319 g/mol. The van der Waals surface area contributed by atoms with E-state index in [-0.39, 0.29) is 0 Å². The van der Waals surface area contributed by atoms with E-state index in [2.05, 4.69) is 50.8 Å². The minimum Gasteiger partial charge on any atom is -0.458 e. The number of aryl methyl sites for hydroxylation is 2. The summed E-state index contributed by atoms with van der Waals surface area (Å²) in [5.74, 6) is 1.33. The van der Waals surface area contributed by atoms with Crippen LogP contribution < -0.4 is 10.5 Å². The van der Waals surface area contributed by atoms with Gasteiger partial charge in [0.05, 0.1) is 0 Å². The fourth-order valence-electron chi connectivity index (χ4n) is 2.41. The number of hydrogen-bond donors (Lipinski definition) is 1. The van der Waals surface area contributed by atoms with Gasteiger partial charge in [-0.1, -0.05) is 42.5 Å². The van der Waals surface area contributed by atoms with Gasteiger partial charge in [-0.05, 0) is 74.2 Å². The van der Waals surface area contributed by atoms with Crippen LogP contribution in [0.4, 0.5) is 0 Å². The van der Waals surface area contributed by atoms with Crippen LogP contribution >= 0.6 is 0 Å². The molecular formula is C22H25NO. The first kappa shape index (κ1) is 17.6. The van der Waals surface area contributed by atoms with Crippen molar-refractivity contribution < 1.29 is 4.74 Å². The number of allylic oxidation sites excluding steroid dienone is 3. The molecule has 0 heterocycles. The van der Waals surface area contributed by atoms with E-state index in [1.165, 1.54) is 22.3 Å². The van der Waals surface area contributed by atoms with Crippen molar-refractivity contribution in [1.82, 2.24) is 0 Å². The summed E-state index contributed by atoms with van der Waals surface area (Å²) in [5, 5.41) is 0. The standard InChI is InChI=1S/C22H25NO/c1-15(2)22(23)13-10-18(5)24-19-11-12-21(17(4)14-19)20-9-7-6-8-16(20)3/h6-14H,5,23H2,1-4H3/b13-10-. The maximum atomic E-state index is 5.88. The SMILES string of the molecule is C=C(/C=C\C(N)=C(C)C)Oc1ccc(-c2ccccc2C)c(C)c1. The molecule has 0 aliphatic carbocycles. The third kappa shape index (κ3) is 4.39. The Bertz CT molecular complexity index is 808. The van der Waals surface area contributed by atoms with Gasteiger partial charge in [0.25, 0.3) is 0 Å². The molecule has 0 atom stereocenters. The zero-order valence-electron chi connectivity index (χ0n) is 14.9. The molecule has 0 aliphatic rings. The number of nitrogens with two attached hydrogens (primary N) is 1. The van der Waals surface area contributed by atoms with E-state index in [0.29, 0.717) is 5.76 Å². The molecule has 0 unspecified atom stereocenters. The lowest BCUT2D eigenvalue weighted by atomic mass is 9.96. The first-order valence-electron chi connectivity index (χ1n) is 8.03. The molecule has 2 nitrogen and oxygen atoms in total. The van der Waals surface area contributed by atoms with E-state index in [4.69, 9.17) is 10.5 Å². The molecule has 0 saturated heterocycles. The van der Waals surface area contributed by atoms with E-state index < -0.39 is 0 Å². The molecule has 0 aromatic heterocycles. The van der Waals surface area contributed by atoms with Crippen LogP contribution in [-0.4, -0.2) is 0 Å². The summed E-state index contributed by atoms with van der Waals surface area (Å²) < 4.78 is 5.79. The lowest BCUT2D eigenvalue weighted by Crippen LogP contribution is -1.97. The highest BCUT2D eigenvalue weighted by Crippen LogP contribution is 2.29. The summed E-state index contributed by atoms with van der Waals surface area (Å²) in [5.41, 5.74) is 12.6. The quantitative estimate of drug-likeness (QED) is 0.569. The van der Waals surface area contributed by atoms with Crippen LogP contribution in [0.1, 0.15) is 25.0 Å². The van der Waals surface area contributed by atoms with Crippen molar-refractivity contribution in [3.63, 3.8) is 0 Å². The minimum atomic E-state index is 0.558. The van der Waals surface area contributed by atoms with Gasteiger partial charge in [-0.15, -0.1) is 0 Å². The normalized spacial score (nSPS) is 10.7. The first-order chi connectivity index (χ1) is 11.4. The van der Waals surface area contributed by atoms with Gasteiger partial charge in [0, 0.05) is 5.70 Å². The molecule has 0 saturated carbocycles. The fraction of sp³-hybridized carbons (Fsp3) is 0.182. The van der Waals surface area contributed by atoms with E-state index >= 15 is 0 Å². The Labute approximate surface area is 145 Å². The Morgan fingerprint density at radius 1 is 0.958 bits per heavy atom. The van der Waals surface area contributed by atoms with Gasteiger partial charge in [-0.25, -0.2) is 0 Å². The van der Waals surface area contributed by atoms with Crippen molar-refractivity contribution in [2.24, 2.45) is 5.73 Å². The molecule has 2 aromatic rings. The molecule has 0 bridgehead atoms. The summed E-state index contributed by atoms with van der Waals surface area (Å²) in [6.07, 6.45) is 3.60. The third-order valence-electron chi connectivity index (χ3n) is 3.91. The Morgan fingerprint density at radius 3 is 2.25 bits per heavy atom. The second-order valence-corrected chi connectivity index (χ2v) is 6.15. The van der Waals surface area contributed by atoms with E-state index in [0.717, 1.165) is 17.0 Å². The zero-order valence-corrected chi connectivity index (χ0v) is 14.9. The first-order valence-corrected chi connectivity index (χ1v) is 8.03. The van der Waals surface area contributed by atoms with E-state index in [9.17, 15) is 0 Å². The fourth-order valence-corrected chi connectivity index (χ4v) is 2.41. The zero-order chi connectivity index (χ0) is 17.7. The minimum absolute atomic E-state index is 0.558. The van der Waals surface area contributed by atoms with E-state index in [1.807, 2.05) is 32.1 Å². The van der Waals surface area contributed by atoms with Gasteiger partial charge in [-0.3, -0.25) is 0 Å². The van der Waals surface area contributed by atoms with Crippen LogP contribution in [0.2, 0.25) is 0 Å². The van der Waals surface area contributed by atoms with Gasteiger partial charge >= 0.3 is 0 Å². The van der Waals surface area contributed by atoms with Crippen LogP contribution in [0, 0.1) is 13.8 Å². The number of benzene rings is 2. The highest BCUT2D eigenvalue weighted by atomic mass is 16.5. The average molecular weight is 319 g/mol. The van der Waals surface area contributed by atoms with Gasteiger partial charge in [0.1, 0.15) is 11.5 Å². The van der Waals surface area contributed by atoms with Gasteiger partial charge < -0.3 is 10.5 Å². The molecule has 0 spiro atoms. The molecule has 0 radical (unpaired) electrons. The van der Waals surface area contributed by atoms with Crippen LogP contribution in [0.25, 0.3) is 11.1 Å². The number of rotatable bonds is 5. The summed E-state index contributed by atoms with van der Waals surface area (Å²) in [6.45, 7) is 12.1. The smallest absolute Gasteiger partial charge is 0.127 e. The summed E-state index contributed by atoms with van der Waals surface area (Å²) in [4.78, 5) is 0. The molecule has 2 heteroatoms. The Hall–Kier alpha value is -2.74. The highest BCUT2D eigenvalue weighted by Gasteiger charge is 2.06. The number of hydrogen-bond acceptors (Lipinski definition) is 2. The molecule has 0 amide bonds. The number of ether oxygens (including phenoxy) is 1. The maximum absolute atomic E-state index is 5.88. The van der Waals surface area contributed by atoms with Crippen molar-refractivity contribution in [2.45, 2.75) is 27.7 Å². The molecule has 0 aliphatic heterocycles. The van der Waals surface area contributed by atoms with Crippen molar-refractivity contribution >= 4 is 0 Å². The topological polar surface area (TPSA) is 35.2 Å². The summed E-state index contributed by atoms with van der Waals surface area (Å²) in [6, 6.07) is 14.5. The van der Waals surface area contributed by atoms with Gasteiger partial charge in [0.15, 0.2) is 0 Å². The summed E-state index contributed by atoms with van der Waals surface area (Å²) in [7, 11) is 0. The lowest BCUT2D eigenvalue weighted by molar-refractivity contribution is 0.446. The van der Waals surface area contributed by atoms with Crippen LogP contribution in [-0.2, 0) is 0 Å². The molecule has 2 N–H and O–H groups in total. The van der Waals surface area contributed by atoms with Gasteiger partial charge in [0.2, 0.25) is 0 Å². The Kier molecular flexibility index (Phi) is 5.64. The lowest BCUT2D eigenvalue weighted by Gasteiger charge is -2.12. The molecule has 0 fully saturated rings. The highest BCUT2D eigenvalue weighted by molar-refractivity contribution is 5.71. The van der Waals surface area contributed by atoms with Crippen LogP contribution in [0.5, 0.6) is 5.75 Å². The predicted octanol–water partition coefficient (Wildman–Crippen LogP) is 5.67. The predicted molar refractivity (Wildman–Crippen MR) is 103 cm³/mol. The molecule has 2 aromatic carbocycles. The average Bonchev–Trinajstić information content (AvgIpc) is 2.53. The van der Waals surface area contributed by atoms with Crippen LogP contribution in [0.15, 0.2) is 78.2 Å². The third-order valence-corrected chi connectivity index (χ3v) is 3.91. The second kappa shape index (κ2) is 7.69. The molecule has 2 rings (SSSR count). The van der Waals surface area contributed by atoms with Crippen molar-refractivity contribution in [3.05, 3.63) is 89.4 Å². The van der Waals surface area contributed by atoms with E-state index in [1.54, 1.807) is 6.08 Å². The van der Waals surface area contributed by atoms with Gasteiger partial charge in [-0.2, -0.15) is 0 Å². The maximum Gasteiger partial charge on any atom is 0.127 e. The second-order valence-electron chi connectivity index (χ2n) is 6.15. The van der Waals surface area contributed by atoms with Crippen molar-refractivity contribution in [2.75, 3.05) is 0 Å². The van der Waals surface area contributed by atoms with Crippen molar-refractivity contribution in [3.8, 4) is 16.9 Å². The Balaban J connectivity index is 2.17.